The highest BCUT2D eigenvalue weighted by Crippen LogP contribution is 2.33. The summed E-state index contributed by atoms with van der Waals surface area (Å²) in [5.74, 6) is -1.04. The molecule has 0 amide bonds. The number of ether oxygens (including phenoxy) is 1. The minimum atomic E-state index is -0.667. The first-order valence-electron chi connectivity index (χ1n) is 11.8. The van der Waals surface area contributed by atoms with E-state index in [4.69, 9.17) is 17.0 Å². The van der Waals surface area contributed by atoms with Crippen molar-refractivity contribution in [2.45, 2.75) is 33.6 Å². The van der Waals surface area contributed by atoms with Crippen LogP contribution in [0.15, 0.2) is 29.3 Å². The molecule has 0 spiro atoms. The van der Waals surface area contributed by atoms with Gasteiger partial charge in [0.25, 0.3) is 0 Å². The number of nitrogens with zero attached hydrogens (tertiary/aromatic N) is 3. The van der Waals surface area contributed by atoms with E-state index in [1.165, 1.54) is 0 Å². The maximum atomic E-state index is 12.3. The molecule has 0 atom stereocenters. The second kappa shape index (κ2) is 11.7. The number of esters is 1. The number of ketones is 2. The number of benzene rings is 1. The Kier molecular flexibility index (Phi) is 8.90. The van der Waals surface area contributed by atoms with Gasteiger partial charge in [-0.05, 0) is 48.8 Å². The molecule has 1 saturated heterocycles. The van der Waals surface area contributed by atoms with Gasteiger partial charge in [-0.2, -0.15) is 0 Å². The number of aliphatic imine (C=N–C) groups is 1. The van der Waals surface area contributed by atoms with E-state index in [1.54, 1.807) is 25.3 Å². The van der Waals surface area contributed by atoms with Crippen LogP contribution in [0.2, 0.25) is 0 Å². The van der Waals surface area contributed by atoms with Crippen molar-refractivity contribution in [1.82, 2.24) is 9.80 Å². The fourth-order valence-electron chi connectivity index (χ4n) is 4.23. The Labute approximate surface area is 206 Å². The van der Waals surface area contributed by atoms with Crippen LogP contribution in [0.5, 0.6) is 0 Å². The molecule has 0 aromatic heterocycles. The SMILES string of the molecule is CCOC(=O)c1ccc(NC(=S)N2CCN(CCN=CC3C(=O)CC(C)(C)CC3=O)CC2)cc1. The van der Waals surface area contributed by atoms with E-state index in [-0.39, 0.29) is 23.0 Å². The molecule has 1 aliphatic carbocycles. The average molecular weight is 487 g/mol. The number of hydrogen-bond acceptors (Lipinski definition) is 7. The number of rotatable bonds is 7. The number of nitrogens with one attached hydrogen (secondary N) is 1. The predicted octanol–water partition coefficient (Wildman–Crippen LogP) is 2.82. The van der Waals surface area contributed by atoms with Crippen LogP contribution in [-0.2, 0) is 14.3 Å². The first-order valence-corrected chi connectivity index (χ1v) is 12.2. The molecule has 1 heterocycles. The summed E-state index contributed by atoms with van der Waals surface area (Å²) in [7, 11) is 0. The lowest BCUT2D eigenvalue weighted by Gasteiger charge is -2.36. The molecular formula is C25H34N4O4S. The van der Waals surface area contributed by atoms with Crippen LogP contribution in [-0.4, -0.2) is 84.5 Å². The van der Waals surface area contributed by atoms with Gasteiger partial charge < -0.3 is 15.0 Å². The number of carbonyl (C=O) groups excluding carboxylic acids is 3. The van der Waals surface area contributed by atoms with Gasteiger partial charge in [-0.1, -0.05) is 13.8 Å². The van der Waals surface area contributed by atoms with Gasteiger partial charge in [0.2, 0.25) is 0 Å². The number of piperazine rings is 1. The van der Waals surface area contributed by atoms with E-state index in [1.807, 2.05) is 26.0 Å². The second-order valence-electron chi connectivity index (χ2n) is 9.54. The zero-order chi connectivity index (χ0) is 24.7. The monoisotopic (exact) mass is 486 g/mol. The molecule has 34 heavy (non-hydrogen) atoms. The summed E-state index contributed by atoms with van der Waals surface area (Å²) in [4.78, 5) is 45.1. The van der Waals surface area contributed by atoms with E-state index in [9.17, 15) is 14.4 Å². The first-order chi connectivity index (χ1) is 16.2. The topological polar surface area (TPSA) is 91.3 Å². The van der Waals surface area contributed by atoms with E-state index in [0.717, 1.165) is 38.4 Å². The lowest BCUT2D eigenvalue weighted by atomic mass is 9.72. The molecule has 1 saturated carbocycles. The molecule has 1 aromatic carbocycles. The molecule has 3 rings (SSSR count). The van der Waals surface area contributed by atoms with E-state index in [0.29, 0.717) is 36.7 Å². The van der Waals surface area contributed by atoms with E-state index >= 15 is 0 Å². The summed E-state index contributed by atoms with van der Waals surface area (Å²) in [5.41, 5.74) is 1.10. The van der Waals surface area contributed by atoms with Gasteiger partial charge in [-0.3, -0.25) is 19.5 Å². The van der Waals surface area contributed by atoms with Crippen molar-refractivity contribution in [1.29, 1.82) is 0 Å². The Hall–Kier alpha value is -2.65. The molecule has 1 N–H and O–H groups in total. The minimum Gasteiger partial charge on any atom is -0.462 e. The molecule has 0 bridgehead atoms. The lowest BCUT2D eigenvalue weighted by Crippen LogP contribution is -2.50. The fraction of sp³-hybridized carbons (Fsp3) is 0.560. The standard InChI is InChI=1S/C25H34N4O4S/c1-4-33-23(32)18-5-7-19(8-6-18)27-24(34)29-13-11-28(12-14-29)10-9-26-17-20-21(30)15-25(2,3)16-22(20)31/h5-8,17,20H,4,9-16H2,1-3H3,(H,27,34). The third kappa shape index (κ3) is 7.17. The smallest absolute Gasteiger partial charge is 0.338 e. The Morgan fingerprint density at radius 1 is 1.15 bits per heavy atom. The predicted molar refractivity (Wildman–Crippen MR) is 137 cm³/mol. The van der Waals surface area contributed by atoms with Crippen molar-refractivity contribution in [2.75, 3.05) is 51.2 Å². The number of carbonyl (C=O) groups is 3. The Morgan fingerprint density at radius 2 is 1.76 bits per heavy atom. The number of anilines is 1. The van der Waals surface area contributed by atoms with Crippen LogP contribution in [0.1, 0.15) is 44.0 Å². The first kappa shape index (κ1) is 26.0. The van der Waals surface area contributed by atoms with E-state index in [2.05, 4.69) is 20.1 Å². The van der Waals surface area contributed by atoms with E-state index < -0.39 is 5.92 Å². The average Bonchev–Trinajstić information content (AvgIpc) is 2.78. The third-order valence-electron chi connectivity index (χ3n) is 6.11. The van der Waals surface area contributed by atoms with Crippen molar-refractivity contribution in [3.8, 4) is 0 Å². The van der Waals surface area contributed by atoms with Crippen molar-refractivity contribution in [2.24, 2.45) is 16.3 Å². The highest BCUT2D eigenvalue weighted by Gasteiger charge is 2.38. The van der Waals surface area contributed by atoms with Crippen LogP contribution < -0.4 is 5.32 Å². The van der Waals surface area contributed by atoms with Gasteiger partial charge in [-0.15, -0.1) is 0 Å². The molecule has 8 nitrogen and oxygen atoms in total. The molecule has 2 fully saturated rings. The van der Waals surface area contributed by atoms with Gasteiger partial charge >= 0.3 is 5.97 Å². The summed E-state index contributed by atoms with van der Waals surface area (Å²) < 4.78 is 5.00. The van der Waals surface area contributed by atoms with Crippen molar-refractivity contribution < 1.29 is 19.1 Å². The fourth-order valence-corrected chi connectivity index (χ4v) is 4.53. The quantitative estimate of drug-likeness (QED) is 0.272. The van der Waals surface area contributed by atoms with Crippen LogP contribution in [0.4, 0.5) is 5.69 Å². The summed E-state index contributed by atoms with van der Waals surface area (Å²) >= 11 is 5.55. The highest BCUT2D eigenvalue weighted by molar-refractivity contribution is 7.80. The Balaban J connectivity index is 1.38. The summed E-state index contributed by atoms with van der Waals surface area (Å²) in [6, 6.07) is 7.07. The number of Topliss-reactive ketones (excluding diaryl/α,β-unsaturated/α-hetero) is 2. The largest absolute Gasteiger partial charge is 0.462 e. The Morgan fingerprint density at radius 3 is 2.35 bits per heavy atom. The molecule has 2 aliphatic rings. The normalized spacial score (nSPS) is 19.4. The molecule has 0 radical (unpaired) electrons. The lowest BCUT2D eigenvalue weighted by molar-refractivity contribution is -0.136. The Bertz CT molecular complexity index is 917. The second-order valence-corrected chi connectivity index (χ2v) is 9.93. The minimum absolute atomic E-state index is 0.0184. The van der Waals surface area contributed by atoms with Crippen molar-refractivity contribution in [3.05, 3.63) is 29.8 Å². The van der Waals surface area contributed by atoms with Crippen LogP contribution in [0.25, 0.3) is 0 Å². The maximum Gasteiger partial charge on any atom is 0.338 e. The van der Waals surface area contributed by atoms with Gasteiger partial charge in [0, 0.05) is 57.5 Å². The maximum absolute atomic E-state index is 12.3. The highest BCUT2D eigenvalue weighted by atomic mass is 32.1. The zero-order valence-electron chi connectivity index (χ0n) is 20.2. The third-order valence-corrected chi connectivity index (χ3v) is 6.47. The van der Waals surface area contributed by atoms with Gasteiger partial charge in [0.15, 0.2) is 5.11 Å². The molecule has 184 valence electrons. The van der Waals surface area contributed by atoms with Gasteiger partial charge in [0.1, 0.15) is 17.5 Å². The summed E-state index contributed by atoms with van der Waals surface area (Å²) in [6.07, 6.45) is 2.42. The van der Waals surface area contributed by atoms with Gasteiger partial charge in [0.05, 0.1) is 18.7 Å². The van der Waals surface area contributed by atoms with Crippen molar-refractivity contribution >= 4 is 46.8 Å². The van der Waals surface area contributed by atoms with Crippen LogP contribution in [0.3, 0.4) is 0 Å². The zero-order valence-corrected chi connectivity index (χ0v) is 21.0. The molecule has 9 heteroatoms. The summed E-state index contributed by atoms with van der Waals surface area (Å²) in [6.45, 7) is 10.7. The molecular weight excluding hydrogens is 452 g/mol. The van der Waals surface area contributed by atoms with Crippen molar-refractivity contribution in [3.63, 3.8) is 0 Å². The van der Waals surface area contributed by atoms with Crippen LogP contribution in [0, 0.1) is 11.3 Å². The van der Waals surface area contributed by atoms with Gasteiger partial charge in [-0.25, -0.2) is 4.79 Å². The number of hydrogen-bond donors (Lipinski definition) is 1. The van der Waals surface area contributed by atoms with Crippen LogP contribution >= 0.6 is 12.2 Å². The molecule has 1 aromatic rings. The number of thiocarbonyl (C=S) groups is 1. The molecule has 0 unspecified atom stereocenters. The molecule has 1 aliphatic heterocycles. The summed E-state index contributed by atoms with van der Waals surface area (Å²) in [5, 5.41) is 3.88.